The van der Waals surface area contributed by atoms with Crippen molar-refractivity contribution in [1.82, 2.24) is 4.90 Å². The average molecular weight is 256 g/mol. The summed E-state index contributed by atoms with van der Waals surface area (Å²) in [6, 6.07) is 7.24. The van der Waals surface area contributed by atoms with Gasteiger partial charge in [-0.25, -0.2) is 0 Å². The Labute approximate surface area is 107 Å². The Morgan fingerprint density at radius 3 is 2.59 bits per heavy atom. The van der Waals surface area contributed by atoms with E-state index in [2.05, 4.69) is 0 Å². The van der Waals surface area contributed by atoms with Gasteiger partial charge in [-0.15, -0.1) is 0 Å². The van der Waals surface area contributed by atoms with Crippen LogP contribution in [0.1, 0.15) is 24.2 Å². The number of carbonyl (C=O) groups excluding carboxylic acids is 1. The SMILES string of the molecule is CC(C)N(CCO)CC(=O)c1ccccc1Cl. The van der Waals surface area contributed by atoms with Crippen molar-refractivity contribution >= 4 is 17.4 Å². The summed E-state index contributed by atoms with van der Waals surface area (Å²) < 4.78 is 0. The zero-order valence-corrected chi connectivity index (χ0v) is 10.9. The molecule has 0 amide bonds. The molecule has 0 bridgehead atoms. The highest BCUT2D eigenvalue weighted by atomic mass is 35.5. The number of Topliss-reactive ketones (excluding diaryl/α,β-unsaturated/α-hetero) is 1. The van der Waals surface area contributed by atoms with E-state index in [9.17, 15) is 4.79 Å². The highest BCUT2D eigenvalue weighted by Gasteiger charge is 2.16. The number of hydrogen-bond donors (Lipinski definition) is 1. The fourth-order valence-electron chi connectivity index (χ4n) is 1.61. The lowest BCUT2D eigenvalue weighted by atomic mass is 10.1. The first-order valence-corrected chi connectivity index (χ1v) is 6.06. The van der Waals surface area contributed by atoms with Gasteiger partial charge in [-0.1, -0.05) is 23.7 Å². The summed E-state index contributed by atoms with van der Waals surface area (Å²) in [6.07, 6.45) is 0. The number of carbonyl (C=O) groups is 1. The molecule has 0 atom stereocenters. The first kappa shape index (κ1) is 14.2. The summed E-state index contributed by atoms with van der Waals surface area (Å²) in [7, 11) is 0. The summed E-state index contributed by atoms with van der Waals surface area (Å²) in [5.41, 5.74) is 0.540. The third-order valence-electron chi connectivity index (χ3n) is 2.64. The Morgan fingerprint density at radius 1 is 1.41 bits per heavy atom. The maximum absolute atomic E-state index is 12.0. The minimum Gasteiger partial charge on any atom is -0.395 e. The first-order chi connectivity index (χ1) is 8.06. The van der Waals surface area contributed by atoms with Crippen molar-refractivity contribution in [2.24, 2.45) is 0 Å². The monoisotopic (exact) mass is 255 g/mol. The number of hydrogen-bond acceptors (Lipinski definition) is 3. The normalized spacial score (nSPS) is 11.2. The van der Waals surface area contributed by atoms with E-state index < -0.39 is 0 Å². The van der Waals surface area contributed by atoms with E-state index in [-0.39, 0.29) is 25.0 Å². The smallest absolute Gasteiger partial charge is 0.178 e. The fourth-order valence-corrected chi connectivity index (χ4v) is 1.85. The molecule has 0 aliphatic rings. The second kappa shape index (κ2) is 6.74. The van der Waals surface area contributed by atoms with Gasteiger partial charge in [0.25, 0.3) is 0 Å². The van der Waals surface area contributed by atoms with Gasteiger partial charge in [-0.05, 0) is 26.0 Å². The van der Waals surface area contributed by atoms with E-state index in [0.29, 0.717) is 17.1 Å². The molecule has 0 heterocycles. The molecular weight excluding hydrogens is 238 g/mol. The van der Waals surface area contributed by atoms with Crippen LogP contribution < -0.4 is 0 Å². The average Bonchev–Trinajstić information content (AvgIpc) is 2.28. The standard InChI is InChI=1S/C13H18ClNO2/c1-10(2)15(7-8-16)9-13(17)11-5-3-4-6-12(11)14/h3-6,10,16H,7-9H2,1-2H3. The molecule has 4 heteroatoms. The Bertz CT molecular complexity index is 379. The largest absolute Gasteiger partial charge is 0.395 e. The maximum Gasteiger partial charge on any atom is 0.178 e. The van der Waals surface area contributed by atoms with E-state index in [4.69, 9.17) is 16.7 Å². The van der Waals surface area contributed by atoms with Gasteiger partial charge in [0.1, 0.15) is 0 Å². The summed E-state index contributed by atoms with van der Waals surface area (Å²) in [5, 5.41) is 9.42. The predicted molar refractivity (Wildman–Crippen MR) is 69.6 cm³/mol. The number of aliphatic hydroxyl groups excluding tert-OH is 1. The molecule has 0 aliphatic heterocycles. The molecule has 0 saturated heterocycles. The van der Waals surface area contributed by atoms with Crippen LogP contribution in [0.4, 0.5) is 0 Å². The lowest BCUT2D eigenvalue weighted by Gasteiger charge is -2.24. The number of benzene rings is 1. The van der Waals surface area contributed by atoms with Crippen LogP contribution in [0.2, 0.25) is 5.02 Å². The summed E-state index contributed by atoms with van der Waals surface area (Å²) in [6.45, 7) is 4.81. The molecule has 0 aromatic heterocycles. The van der Waals surface area contributed by atoms with Crippen molar-refractivity contribution in [1.29, 1.82) is 0 Å². The van der Waals surface area contributed by atoms with Crippen LogP contribution in [-0.2, 0) is 0 Å². The predicted octanol–water partition coefficient (Wildman–Crippen LogP) is 2.23. The summed E-state index contributed by atoms with van der Waals surface area (Å²) in [4.78, 5) is 14.0. The molecule has 1 rings (SSSR count). The molecular formula is C13H18ClNO2. The minimum atomic E-state index is -0.0160. The highest BCUT2D eigenvalue weighted by molar-refractivity contribution is 6.34. The molecule has 0 aliphatic carbocycles. The van der Waals surface area contributed by atoms with Gasteiger partial charge >= 0.3 is 0 Å². The van der Waals surface area contributed by atoms with Crippen molar-refractivity contribution in [2.45, 2.75) is 19.9 Å². The molecule has 0 fully saturated rings. The third kappa shape index (κ3) is 4.11. The molecule has 3 nitrogen and oxygen atoms in total. The van der Waals surface area contributed by atoms with Crippen LogP contribution in [0.5, 0.6) is 0 Å². The topological polar surface area (TPSA) is 40.5 Å². The van der Waals surface area contributed by atoms with E-state index in [1.54, 1.807) is 24.3 Å². The molecule has 1 N–H and O–H groups in total. The van der Waals surface area contributed by atoms with E-state index in [1.807, 2.05) is 18.7 Å². The van der Waals surface area contributed by atoms with Crippen molar-refractivity contribution in [2.75, 3.05) is 19.7 Å². The van der Waals surface area contributed by atoms with Crippen LogP contribution >= 0.6 is 11.6 Å². The van der Waals surface area contributed by atoms with Gasteiger partial charge in [0.15, 0.2) is 5.78 Å². The van der Waals surface area contributed by atoms with Crippen LogP contribution in [0.3, 0.4) is 0 Å². The third-order valence-corrected chi connectivity index (χ3v) is 2.97. The van der Waals surface area contributed by atoms with Gasteiger partial charge in [0.2, 0.25) is 0 Å². The Hall–Kier alpha value is -0.900. The molecule has 94 valence electrons. The first-order valence-electron chi connectivity index (χ1n) is 5.69. The second-order valence-corrected chi connectivity index (χ2v) is 4.60. The van der Waals surface area contributed by atoms with Crippen molar-refractivity contribution in [3.05, 3.63) is 34.9 Å². The number of nitrogens with zero attached hydrogens (tertiary/aromatic N) is 1. The molecule has 17 heavy (non-hydrogen) atoms. The van der Waals surface area contributed by atoms with Gasteiger partial charge in [0.05, 0.1) is 18.2 Å². The Morgan fingerprint density at radius 2 is 2.06 bits per heavy atom. The molecule has 0 unspecified atom stereocenters. The Balaban J connectivity index is 2.74. The minimum absolute atomic E-state index is 0.0160. The molecule has 1 aromatic rings. The molecule has 0 saturated carbocycles. The number of aliphatic hydroxyl groups is 1. The van der Waals surface area contributed by atoms with Crippen LogP contribution in [-0.4, -0.2) is 41.5 Å². The Kier molecular flexibility index (Phi) is 5.62. The van der Waals surface area contributed by atoms with Crippen molar-refractivity contribution in [3.8, 4) is 0 Å². The van der Waals surface area contributed by atoms with Crippen LogP contribution in [0.25, 0.3) is 0 Å². The highest BCUT2D eigenvalue weighted by Crippen LogP contribution is 2.16. The van der Waals surface area contributed by atoms with Crippen LogP contribution in [0.15, 0.2) is 24.3 Å². The lowest BCUT2D eigenvalue weighted by Crippen LogP contribution is -2.37. The molecule has 1 aromatic carbocycles. The lowest BCUT2D eigenvalue weighted by molar-refractivity contribution is 0.0881. The van der Waals surface area contributed by atoms with Gasteiger partial charge in [-0.3, -0.25) is 9.69 Å². The van der Waals surface area contributed by atoms with E-state index in [1.165, 1.54) is 0 Å². The summed E-state index contributed by atoms with van der Waals surface area (Å²) >= 11 is 5.97. The second-order valence-electron chi connectivity index (χ2n) is 4.19. The van der Waals surface area contributed by atoms with Crippen molar-refractivity contribution < 1.29 is 9.90 Å². The van der Waals surface area contributed by atoms with Gasteiger partial charge in [-0.2, -0.15) is 0 Å². The zero-order valence-electron chi connectivity index (χ0n) is 10.2. The van der Waals surface area contributed by atoms with E-state index >= 15 is 0 Å². The van der Waals surface area contributed by atoms with Crippen LogP contribution in [0, 0.1) is 0 Å². The number of halogens is 1. The number of rotatable bonds is 6. The van der Waals surface area contributed by atoms with Gasteiger partial charge in [0, 0.05) is 18.2 Å². The summed E-state index contributed by atoms with van der Waals surface area (Å²) in [5.74, 6) is -0.0160. The van der Waals surface area contributed by atoms with E-state index in [0.717, 1.165) is 0 Å². The fraction of sp³-hybridized carbons (Fsp3) is 0.462. The van der Waals surface area contributed by atoms with Crippen molar-refractivity contribution in [3.63, 3.8) is 0 Å². The van der Waals surface area contributed by atoms with Gasteiger partial charge < -0.3 is 5.11 Å². The molecule has 0 radical (unpaired) electrons. The quantitative estimate of drug-likeness (QED) is 0.793. The molecule has 0 spiro atoms. The maximum atomic E-state index is 12.0. The number of ketones is 1. The zero-order chi connectivity index (χ0) is 12.8.